The van der Waals surface area contributed by atoms with Crippen LogP contribution >= 0.6 is 0 Å². The Bertz CT molecular complexity index is 1230. The number of hydrazone groups is 1. The van der Waals surface area contributed by atoms with Gasteiger partial charge in [-0.05, 0) is 42.3 Å². The highest BCUT2D eigenvalue weighted by atomic mass is 16.5. The number of ether oxygens (including phenoxy) is 2. The maximum absolute atomic E-state index is 12.7. The van der Waals surface area contributed by atoms with E-state index in [1.807, 2.05) is 6.92 Å². The fourth-order valence-corrected chi connectivity index (χ4v) is 3.89. The third-order valence-corrected chi connectivity index (χ3v) is 5.78. The predicted molar refractivity (Wildman–Crippen MR) is 129 cm³/mol. The van der Waals surface area contributed by atoms with Crippen LogP contribution in [0.5, 0.6) is 11.5 Å². The van der Waals surface area contributed by atoms with Gasteiger partial charge in [0, 0.05) is 29.1 Å². The van der Waals surface area contributed by atoms with Crippen molar-refractivity contribution in [1.82, 2.24) is 9.99 Å². The van der Waals surface area contributed by atoms with E-state index in [4.69, 9.17) is 15.2 Å². The summed E-state index contributed by atoms with van der Waals surface area (Å²) in [4.78, 5) is 28.5. The van der Waals surface area contributed by atoms with E-state index in [2.05, 4.69) is 10.1 Å². The third kappa shape index (κ3) is 4.91. The number of hydrogen-bond acceptors (Lipinski definition) is 9. The van der Waals surface area contributed by atoms with Crippen molar-refractivity contribution >= 4 is 17.8 Å². The van der Waals surface area contributed by atoms with Crippen molar-refractivity contribution in [3.8, 4) is 11.5 Å². The number of nitrogens with zero attached hydrogens (tertiary/aromatic N) is 3. The predicted octanol–water partition coefficient (Wildman–Crippen LogP) is 3.02. The van der Waals surface area contributed by atoms with Gasteiger partial charge in [-0.15, -0.1) is 0 Å². The van der Waals surface area contributed by atoms with Crippen molar-refractivity contribution < 1.29 is 24.2 Å². The minimum absolute atomic E-state index is 0.0372. The number of methoxy groups -OCH3 is 1. The van der Waals surface area contributed by atoms with Crippen molar-refractivity contribution in [2.75, 3.05) is 7.11 Å². The van der Waals surface area contributed by atoms with Gasteiger partial charge in [0.1, 0.15) is 12.3 Å². The number of hydrogen-bond donors (Lipinski definition) is 2. The van der Waals surface area contributed by atoms with Crippen molar-refractivity contribution in [1.29, 1.82) is 0 Å². The minimum Gasteiger partial charge on any atom is -0.504 e. The minimum atomic E-state index is -0.998. The fourth-order valence-electron chi connectivity index (χ4n) is 3.89. The van der Waals surface area contributed by atoms with E-state index in [0.717, 1.165) is 0 Å². The molecule has 0 saturated heterocycles. The summed E-state index contributed by atoms with van der Waals surface area (Å²) in [5.74, 6) is 0.139. The first kappa shape index (κ1) is 24.1. The number of aromatic hydroxyl groups is 1. The van der Waals surface area contributed by atoms with Gasteiger partial charge in [-0.25, -0.2) is 5.01 Å². The lowest BCUT2D eigenvalue weighted by Gasteiger charge is -2.38. The van der Waals surface area contributed by atoms with Crippen molar-refractivity contribution in [3.05, 3.63) is 89.2 Å². The summed E-state index contributed by atoms with van der Waals surface area (Å²) in [6.07, 6.45) is 2.03. The molecule has 0 radical (unpaired) electrons. The van der Waals surface area contributed by atoms with Gasteiger partial charge >= 0.3 is 0 Å². The summed E-state index contributed by atoms with van der Waals surface area (Å²) < 4.78 is 11.1. The number of phenols is 1. The number of aldehydes is 1. The molecule has 1 aromatic heterocycles. The molecule has 0 fully saturated rings. The zero-order valence-corrected chi connectivity index (χ0v) is 19.4. The normalized spacial score (nSPS) is 18.5. The Labute approximate surface area is 202 Å². The topological polar surface area (TPSA) is 127 Å². The van der Waals surface area contributed by atoms with Gasteiger partial charge in [0.05, 0.1) is 12.8 Å². The summed E-state index contributed by atoms with van der Waals surface area (Å²) in [5, 5.41) is 16.3. The number of benzene rings is 2. The van der Waals surface area contributed by atoms with Crippen LogP contribution in [0, 0.1) is 0 Å². The molecular weight excluding hydrogens is 448 g/mol. The van der Waals surface area contributed by atoms with Gasteiger partial charge in [-0.3, -0.25) is 14.6 Å². The fraction of sp³-hybridized carbons (Fsp3) is 0.231. The zero-order chi connectivity index (χ0) is 24.9. The number of carbonyl (C=O) groups is 2. The number of pyridine rings is 1. The molecule has 35 heavy (non-hydrogen) atoms. The molecule has 3 atom stereocenters. The molecule has 180 valence electrons. The summed E-state index contributed by atoms with van der Waals surface area (Å²) in [6, 6.07) is 15.1. The van der Waals surface area contributed by atoms with E-state index in [9.17, 15) is 14.7 Å². The van der Waals surface area contributed by atoms with E-state index < -0.39 is 18.5 Å². The largest absolute Gasteiger partial charge is 0.504 e. The van der Waals surface area contributed by atoms with Crippen LogP contribution in [0.25, 0.3) is 0 Å². The molecule has 0 spiro atoms. The quantitative estimate of drug-likeness (QED) is 0.377. The van der Waals surface area contributed by atoms with E-state index in [-0.39, 0.29) is 11.5 Å². The van der Waals surface area contributed by atoms with Gasteiger partial charge in [-0.1, -0.05) is 31.2 Å². The molecular formula is C26H26N4O5. The summed E-state index contributed by atoms with van der Waals surface area (Å²) in [6.45, 7) is 1.92. The second kappa shape index (κ2) is 10.5. The maximum Gasteiger partial charge on any atom is 0.204 e. The second-order valence-corrected chi connectivity index (χ2v) is 7.95. The Kier molecular flexibility index (Phi) is 7.19. The average Bonchev–Trinajstić information content (AvgIpc) is 2.92. The Morgan fingerprint density at radius 3 is 2.60 bits per heavy atom. The monoisotopic (exact) mass is 474 g/mol. The van der Waals surface area contributed by atoms with Crippen LogP contribution in [0.1, 0.15) is 46.6 Å². The Hall–Kier alpha value is -4.08. The van der Waals surface area contributed by atoms with E-state index in [1.54, 1.807) is 54.7 Å². The smallest absolute Gasteiger partial charge is 0.204 e. The van der Waals surface area contributed by atoms with E-state index in [0.29, 0.717) is 46.4 Å². The summed E-state index contributed by atoms with van der Waals surface area (Å²) in [7, 11) is 1.47. The molecule has 9 nitrogen and oxygen atoms in total. The Morgan fingerprint density at radius 2 is 2.00 bits per heavy atom. The lowest BCUT2D eigenvalue weighted by molar-refractivity contribution is -0.144. The summed E-state index contributed by atoms with van der Waals surface area (Å²) >= 11 is 0. The van der Waals surface area contributed by atoms with E-state index in [1.165, 1.54) is 24.4 Å². The highest BCUT2D eigenvalue weighted by Gasteiger charge is 2.34. The molecule has 4 rings (SSSR count). The number of phenolic OH excluding ortho intramolecular Hbond substituents is 1. The Morgan fingerprint density at radius 1 is 1.23 bits per heavy atom. The second-order valence-electron chi connectivity index (χ2n) is 7.95. The molecule has 3 aromatic rings. The first-order valence-corrected chi connectivity index (χ1v) is 11.1. The third-order valence-electron chi connectivity index (χ3n) is 5.78. The number of carbonyl (C=O) groups excluding carboxylic acids is 2. The van der Waals surface area contributed by atoms with Crippen molar-refractivity contribution in [2.45, 2.75) is 31.8 Å². The van der Waals surface area contributed by atoms with E-state index >= 15 is 0 Å². The van der Waals surface area contributed by atoms with Crippen LogP contribution in [0.4, 0.5) is 0 Å². The number of aromatic nitrogens is 1. The number of nitrogens with two attached hydrogens (primary N) is 1. The van der Waals surface area contributed by atoms with Gasteiger partial charge < -0.3 is 20.3 Å². The van der Waals surface area contributed by atoms with Gasteiger partial charge in [0.15, 0.2) is 23.6 Å². The highest BCUT2D eigenvalue weighted by Crippen LogP contribution is 2.31. The van der Waals surface area contributed by atoms with Crippen LogP contribution in [-0.4, -0.2) is 52.3 Å². The summed E-state index contributed by atoms with van der Waals surface area (Å²) in [5.41, 5.74) is 9.25. The lowest BCUT2D eigenvalue weighted by Crippen LogP contribution is -2.49. The standard InChI is InChI=1S/C26H26N4O5/c1-3-21-24(18-10-11-22(34-2)20(32)13-18)29-30(23(15-31)35-21)26(27)17-8-6-16(7-9-17)25(33)19-5-4-12-28-14-19/h4-15,21,23,26,32H,3,27H2,1-2H3. The van der Waals surface area contributed by atoms with Crippen molar-refractivity contribution in [3.63, 3.8) is 0 Å². The van der Waals surface area contributed by atoms with Crippen LogP contribution in [-0.2, 0) is 9.53 Å². The van der Waals surface area contributed by atoms with Crippen LogP contribution < -0.4 is 10.5 Å². The molecule has 0 bridgehead atoms. The molecule has 1 aliphatic heterocycles. The van der Waals surface area contributed by atoms with Gasteiger partial charge in [0.2, 0.25) is 6.23 Å². The van der Waals surface area contributed by atoms with Gasteiger partial charge in [-0.2, -0.15) is 5.10 Å². The Balaban J connectivity index is 1.64. The lowest BCUT2D eigenvalue weighted by atomic mass is 10.0. The van der Waals surface area contributed by atoms with Crippen LogP contribution in [0.3, 0.4) is 0 Å². The number of rotatable bonds is 8. The molecule has 3 unspecified atom stereocenters. The van der Waals surface area contributed by atoms with Crippen LogP contribution in [0.2, 0.25) is 0 Å². The van der Waals surface area contributed by atoms with Crippen molar-refractivity contribution in [2.24, 2.45) is 10.8 Å². The SMILES string of the molecule is CCC1OC(C=O)N(C(N)c2ccc(C(=O)c3cccnc3)cc2)N=C1c1ccc(OC)c(O)c1. The molecule has 3 N–H and O–H groups in total. The molecule has 1 aliphatic rings. The maximum atomic E-state index is 12.7. The zero-order valence-electron chi connectivity index (χ0n) is 19.4. The average molecular weight is 475 g/mol. The number of ketones is 1. The van der Waals surface area contributed by atoms with Gasteiger partial charge in [0.25, 0.3) is 0 Å². The molecule has 9 heteroatoms. The highest BCUT2D eigenvalue weighted by molar-refractivity contribution is 6.08. The first-order chi connectivity index (χ1) is 17.0. The molecule has 0 saturated carbocycles. The first-order valence-electron chi connectivity index (χ1n) is 11.1. The van der Waals surface area contributed by atoms with Crippen LogP contribution in [0.15, 0.2) is 72.1 Å². The molecule has 0 amide bonds. The molecule has 0 aliphatic carbocycles. The molecule has 2 aromatic carbocycles. The molecule has 2 heterocycles.